The van der Waals surface area contributed by atoms with Crippen LogP contribution >= 0.6 is 15.9 Å². The van der Waals surface area contributed by atoms with E-state index in [9.17, 15) is 4.39 Å². The molecule has 0 atom stereocenters. The van der Waals surface area contributed by atoms with Gasteiger partial charge in [0.1, 0.15) is 5.82 Å². The zero-order chi connectivity index (χ0) is 15.0. The Kier molecular flexibility index (Phi) is 3.68. The van der Waals surface area contributed by atoms with Crippen LogP contribution in [0.2, 0.25) is 0 Å². The molecule has 0 amide bonds. The van der Waals surface area contributed by atoms with E-state index in [1.807, 2.05) is 12.1 Å². The van der Waals surface area contributed by atoms with Gasteiger partial charge in [0.2, 0.25) is 5.95 Å². The minimum atomic E-state index is -0.328. The molecule has 5 heteroatoms. The van der Waals surface area contributed by atoms with Crippen LogP contribution in [0, 0.1) is 5.82 Å². The maximum absolute atomic E-state index is 13.8. The van der Waals surface area contributed by atoms with Crippen molar-refractivity contribution >= 4 is 32.9 Å². The monoisotopic (exact) mass is 347 g/mol. The molecule has 108 valence electrons. The number of halogens is 2. The van der Waals surface area contributed by atoms with Crippen molar-refractivity contribution in [1.82, 2.24) is 9.55 Å². The molecule has 0 bridgehead atoms. The van der Waals surface area contributed by atoms with E-state index in [0.29, 0.717) is 21.5 Å². The Morgan fingerprint density at radius 1 is 1.24 bits per heavy atom. The number of hydrogen-bond acceptors (Lipinski definition) is 2. The summed E-state index contributed by atoms with van der Waals surface area (Å²) in [5, 5.41) is 0. The number of fused-ring (bicyclic) bond motifs is 1. The summed E-state index contributed by atoms with van der Waals surface area (Å²) in [6, 6.07) is 11.2. The predicted molar refractivity (Wildman–Crippen MR) is 87.1 cm³/mol. The number of hydrogen-bond donors (Lipinski definition) is 1. The van der Waals surface area contributed by atoms with Gasteiger partial charge in [0.25, 0.3) is 0 Å². The fourth-order valence-corrected chi connectivity index (χ4v) is 2.79. The molecule has 0 radical (unpaired) electrons. The number of nitrogens with two attached hydrogens (primary N) is 1. The van der Waals surface area contributed by atoms with E-state index >= 15 is 0 Å². The molecule has 0 aliphatic heterocycles. The summed E-state index contributed by atoms with van der Waals surface area (Å²) in [4.78, 5) is 4.29. The lowest BCUT2D eigenvalue weighted by atomic mass is 10.1. The second kappa shape index (κ2) is 5.48. The van der Waals surface area contributed by atoms with Crippen LogP contribution in [0.4, 0.5) is 10.3 Å². The quantitative estimate of drug-likeness (QED) is 0.759. The molecule has 21 heavy (non-hydrogen) atoms. The van der Waals surface area contributed by atoms with E-state index < -0.39 is 0 Å². The van der Waals surface area contributed by atoms with Crippen LogP contribution in [0.15, 0.2) is 40.9 Å². The van der Waals surface area contributed by atoms with Crippen LogP contribution in [-0.4, -0.2) is 9.55 Å². The van der Waals surface area contributed by atoms with E-state index in [0.717, 1.165) is 18.5 Å². The van der Waals surface area contributed by atoms with Crippen LogP contribution in [-0.2, 0) is 6.42 Å². The van der Waals surface area contributed by atoms with Crippen molar-refractivity contribution < 1.29 is 4.39 Å². The van der Waals surface area contributed by atoms with Gasteiger partial charge in [-0.25, -0.2) is 9.37 Å². The lowest BCUT2D eigenvalue weighted by Gasteiger charge is -2.08. The van der Waals surface area contributed by atoms with Crippen molar-refractivity contribution in [2.45, 2.75) is 19.8 Å². The van der Waals surface area contributed by atoms with Crippen molar-refractivity contribution in [2.24, 2.45) is 0 Å². The average Bonchev–Trinajstić information content (AvgIpc) is 2.76. The van der Waals surface area contributed by atoms with Crippen molar-refractivity contribution in [3.05, 3.63) is 52.3 Å². The third-order valence-corrected chi connectivity index (χ3v) is 4.06. The van der Waals surface area contributed by atoms with E-state index in [4.69, 9.17) is 5.73 Å². The number of anilines is 1. The summed E-state index contributed by atoms with van der Waals surface area (Å²) in [7, 11) is 0. The van der Waals surface area contributed by atoms with Crippen LogP contribution < -0.4 is 5.73 Å². The predicted octanol–water partition coefficient (Wildman–Crippen LogP) is 4.46. The first-order chi connectivity index (χ1) is 10.1. The van der Waals surface area contributed by atoms with Crippen molar-refractivity contribution in [3.63, 3.8) is 0 Å². The standard InChI is InChI=1S/C16H15BrFN3/c1-2-3-10-4-6-11(7-5-10)21-15-9-13(18)12(17)8-14(15)20-16(21)19/h4-9H,2-3H2,1H3,(H2,19,20). The second-order valence-corrected chi connectivity index (χ2v) is 5.83. The molecule has 0 unspecified atom stereocenters. The maximum Gasteiger partial charge on any atom is 0.205 e. The molecule has 2 aromatic carbocycles. The first-order valence-electron chi connectivity index (χ1n) is 6.82. The van der Waals surface area contributed by atoms with Gasteiger partial charge >= 0.3 is 0 Å². The Labute approximate surface area is 130 Å². The first-order valence-corrected chi connectivity index (χ1v) is 7.61. The van der Waals surface area contributed by atoms with E-state index in [1.54, 1.807) is 10.6 Å². The Balaban J connectivity index is 2.15. The summed E-state index contributed by atoms with van der Waals surface area (Å²) in [6.45, 7) is 2.15. The summed E-state index contributed by atoms with van der Waals surface area (Å²) in [5.74, 6) is 0.0250. The van der Waals surface area contributed by atoms with Gasteiger partial charge in [-0.05, 0) is 46.1 Å². The maximum atomic E-state index is 13.8. The zero-order valence-electron chi connectivity index (χ0n) is 11.6. The molecule has 0 saturated carbocycles. The van der Waals surface area contributed by atoms with Gasteiger partial charge < -0.3 is 5.73 Å². The third-order valence-electron chi connectivity index (χ3n) is 3.46. The van der Waals surface area contributed by atoms with E-state index in [-0.39, 0.29) is 5.82 Å². The van der Waals surface area contributed by atoms with Gasteiger partial charge in [0, 0.05) is 11.8 Å². The summed E-state index contributed by atoms with van der Waals surface area (Å²) >= 11 is 3.17. The number of imidazole rings is 1. The molecule has 0 spiro atoms. The molecule has 3 rings (SSSR count). The molecule has 1 heterocycles. The highest BCUT2D eigenvalue weighted by atomic mass is 79.9. The molecule has 0 saturated heterocycles. The normalized spacial score (nSPS) is 11.2. The van der Waals surface area contributed by atoms with Crippen LogP contribution in [0.25, 0.3) is 16.7 Å². The topological polar surface area (TPSA) is 43.8 Å². The van der Waals surface area contributed by atoms with E-state index in [1.165, 1.54) is 11.6 Å². The number of aryl methyl sites for hydroxylation is 1. The highest BCUT2D eigenvalue weighted by molar-refractivity contribution is 9.10. The summed E-state index contributed by atoms with van der Waals surface area (Å²) in [5.41, 5.74) is 9.49. The molecule has 3 aromatic rings. The number of nitrogens with zero attached hydrogens (tertiary/aromatic N) is 2. The van der Waals surface area contributed by atoms with Crippen molar-refractivity contribution in [3.8, 4) is 5.69 Å². The fraction of sp³-hybridized carbons (Fsp3) is 0.188. The zero-order valence-corrected chi connectivity index (χ0v) is 13.2. The molecule has 2 N–H and O–H groups in total. The van der Waals surface area contributed by atoms with Gasteiger partial charge in [0.15, 0.2) is 0 Å². The fourth-order valence-electron chi connectivity index (χ4n) is 2.46. The number of nitrogen functional groups attached to an aromatic ring is 1. The molecule has 3 nitrogen and oxygen atoms in total. The minimum Gasteiger partial charge on any atom is -0.369 e. The van der Waals surface area contributed by atoms with Gasteiger partial charge in [0.05, 0.1) is 15.5 Å². The van der Waals surface area contributed by atoms with Crippen molar-refractivity contribution in [2.75, 3.05) is 5.73 Å². The lowest BCUT2D eigenvalue weighted by molar-refractivity contribution is 0.622. The number of benzene rings is 2. The molecule has 0 aliphatic carbocycles. The van der Waals surface area contributed by atoms with Crippen LogP contribution in [0.1, 0.15) is 18.9 Å². The second-order valence-electron chi connectivity index (χ2n) is 4.98. The number of rotatable bonds is 3. The molecular formula is C16H15BrFN3. The summed E-state index contributed by atoms with van der Waals surface area (Å²) < 4.78 is 15.9. The Bertz CT molecular complexity index is 793. The molecular weight excluding hydrogens is 333 g/mol. The van der Waals surface area contributed by atoms with Gasteiger partial charge in [-0.3, -0.25) is 4.57 Å². The Hall–Kier alpha value is -1.88. The van der Waals surface area contributed by atoms with Crippen molar-refractivity contribution in [1.29, 1.82) is 0 Å². The highest BCUT2D eigenvalue weighted by Crippen LogP contribution is 2.28. The Morgan fingerprint density at radius 3 is 2.62 bits per heavy atom. The first kappa shape index (κ1) is 14.1. The highest BCUT2D eigenvalue weighted by Gasteiger charge is 2.13. The summed E-state index contributed by atoms with van der Waals surface area (Å²) in [6.07, 6.45) is 2.15. The molecule has 1 aromatic heterocycles. The van der Waals surface area contributed by atoms with Gasteiger partial charge in [-0.1, -0.05) is 25.5 Å². The Morgan fingerprint density at radius 2 is 1.95 bits per heavy atom. The SMILES string of the molecule is CCCc1ccc(-n2c(N)nc3cc(Br)c(F)cc32)cc1. The third kappa shape index (κ3) is 2.53. The van der Waals surface area contributed by atoms with Crippen LogP contribution in [0.5, 0.6) is 0 Å². The van der Waals surface area contributed by atoms with Gasteiger partial charge in [-0.2, -0.15) is 0 Å². The number of aromatic nitrogens is 2. The molecule has 0 fully saturated rings. The average molecular weight is 348 g/mol. The van der Waals surface area contributed by atoms with Crippen LogP contribution in [0.3, 0.4) is 0 Å². The van der Waals surface area contributed by atoms with E-state index in [2.05, 4.69) is 40.0 Å². The van der Waals surface area contributed by atoms with Gasteiger partial charge in [-0.15, -0.1) is 0 Å². The lowest BCUT2D eigenvalue weighted by Crippen LogP contribution is -2.00. The molecule has 0 aliphatic rings. The smallest absolute Gasteiger partial charge is 0.205 e. The largest absolute Gasteiger partial charge is 0.369 e. The minimum absolute atomic E-state index is 0.328.